The number of carbonyl (C=O) groups excluding carboxylic acids is 2. The van der Waals surface area contributed by atoms with Crippen LogP contribution < -0.4 is 4.74 Å². The summed E-state index contributed by atoms with van der Waals surface area (Å²) in [6.07, 6.45) is 4.99. The monoisotopic (exact) mass is 494 g/mol. The minimum Gasteiger partial charge on any atom is -0.491 e. The van der Waals surface area contributed by atoms with Gasteiger partial charge >= 0.3 is 0 Å². The second-order valence-electron chi connectivity index (χ2n) is 10.5. The molecule has 6 heteroatoms. The van der Waals surface area contributed by atoms with Gasteiger partial charge in [0, 0.05) is 19.6 Å². The lowest BCUT2D eigenvalue weighted by Gasteiger charge is -2.41. The third-order valence-electron chi connectivity index (χ3n) is 7.95. The summed E-state index contributed by atoms with van der Waals surface area (Å²) in [6, 6.07) is 13.8. The van der Waals surface area contributed by atoms with Crippen LogP contribution in [0.4, 0.5) is 4.39 Å². The lowest BCUT2D eigenvalue weighted by molar-refractivity contribution is -0.142. The number of nitrogens with zero attached hydrogens (tertiary/aromatic N) is 2. The minimum absolute atomic E-state index is 0.0151. The van der Waals surface area contributed by atoms with Crippen LogP contribution >= 0.6 is 0 Å². The highest BCUT2D eigenvalue weighted by molar-refractivity contribution is 5.97. The first-order valence-electron chi connectivity index (χ1n) is 13.5. The number of hydrogen-bond donors (Lipinski definition) is 0. The molecular formula is C30H39FN2O3. The van der Waals surface area contributed by atoms with Gasteiger partial charge in [-0.3, -0.25) is 9.59 Å². The number of fused-ring (bicyclic) bond motifs is 1. The Morgan fingerprint density at radius 1 is 1.06 bits per heavy atom. The maximum absolute atomic E-state index is 14.5. The molecule has 1 saturated carbocycles. The van der Waals surface area contributed by atoms with E-state index in [1.54, 1.807) is 12.1 Å². The SMILES string of the molecule is CCN1CCCCN(C(=O)C2(c3cccc(F)c3)CCCC2)[C@@H](C(C)C)COc2ccccc2C1=O. The van der Waals surface area contributed by atoms with Crippen molar-refractivity contribution in [1.29, 1.82) is 0 Å². The van der Waals surface area contributed by atoms with Crippen LogP contribution in [0.5, 0.6) is 5.75 Å². The van der Waals surface area contributed by atoms with Crippen LogP contribution in [0.1, 0.15) is 75.2 Å². The second kappa shape index (κ2) is 11.4. The maximum atomic E-state index is 14.5. The number of benzene rings is 2. The van der Waals surface area contributed by atoms with E-state index in [4.69, 9.17) is 4.74 Å². The quantitative estimate of drug-likeness (QED) is 0.538. The molecule has 2 amide bonds. The fourth-order valence-electron chi connectivity index (χ4n) is 5.83. The summed E-state index contributed by atoms with van der Waals surface area (Å²) in [4.78, 5) is 31.6. The molecule has 0 spiro atoms. The largest absolute Gasteiger partial charge is 0.491 e. The first-order valence-corrected chi connectivity index (χ1v) is 13.5. The molecule has 1 fully saturated rings. The van der Waals surface area contributed by atoms with E-state index >= 15 is 0 Å². The van der Waals surface area contributed by atoms with Crippen molar-refractivity contribution in [3.63, 3.8) is 0 Å². The minimum atomic E-state index is -0.699. The molecule has 2 aromatic carbocycles. The van der Waals surface area contributed by atoms with Crippen LogP contribution in [0.15, 0.2) is 48.5 Å². The van der Waals surface area contributed by atoms with Gasteiger partial charge in [-0.15, -0.1) is 0 Å². The Hall–Kier alpha value is -2.89. The van der Waals surface area contributed by atoms with Gasteiger partial charge in [-0.2, -0.15) is 0 Å². The molecule has 2 aliphatic rings. The van der Waals surface area contributed by atoms with Crippen LogP contribution in [0.3, 0.4) is 0 Å². The van der Waals surface area contributed by atoms with Crippen molar-refractivity contribution in [2.24, 2.45) is 5.92 Å². The molecule has 0 N–H and O–H groups in total. The zero-order chi connectivity index (χ0) is 25.7. The molecule has 2 aromatic rings. The van der Waals surface area contributed by atoms with E-state index in [1.165, 1.54) is 6.07 Å². The molecule has 1 heterocycles. The average molecular weight is 495 g/mol. The highest BCUT2D eigenvalue weighted by Crippen LogP contribution is 2.43. The third-order valence-corrected chi connectivity index (χ3v) is 7.95. The Balaban J connectivity index is 1.71. The summed E-state index contributed by atoms with van der Waals surface area (Å²) in [5.74, 6) is 0.475. The molecule has 0 radical (unpaired) electrons. The molecule has 0 bridgehead atoms. The van der Waals surface area contributed by atoms with E-state index in [0.717, 1.165) is 44.1 Å². The van der Waals surface area contributed by atoms with Crippen molar-refractivity contribution in [3.05, 3.63) is 65.5 Å². The summed E-state index contributed by atoms with van der Waals surface area (Å²) < 4.78 is 20.6. The van der Waals surface area contributed by atoms with Crippen LogP contribution in [0.25, 0.3) is 0 Å². The summed E-state index contributed by atoms with van der Waals surface area (Å²) in [5, 5.41) is 0. The predicted molar refractivity (Wildman–Crippen MR) is 140 cm³/mol. The third kappa shape index (κ3) is 5.28. The maximum Gasteiger partial charge on any atom is 0.257 e. The van der Waals surface area contributed by atoms with Crippen LogP contribution in [-0.2, 0) is 10.2 Å². The molecule has 5 nitrogen and oxygen atoms in total. The highest BCUT2D eigenvalue weighted by Gasteiger charge is 2.47. The molecule has 194 valence electrons. The Labute approximate surface area is 214 Å². The average Bonchev–Trinajstić information content (AvgIpc) is 3.37. The standard InChI is InChI=1S/C30H39FN2O3/c1-4-32-18-9-10-19-33(26(22(2)3)21-36-27-15-6-5-14-25(27)28(32)34)29(35)30(16-7-8-17-30)23-12-11-13-24(31)20-23/h5-6,11-15,20,22,26H,4,7-10,16-19,21H2,1-3H3/t26-/m1/s1. The summed E-state index contributed by atoms with van der Waals surface area (Å²) in [7, 11) is 0. The van der Waals surface area contributed by atoms with Gasteiger partial charge in [0.05, 0.1) is 17.0 Å². The number of ether oxygens (including phenoxy) is 1. The molecule has 0 saturated heterocycles. The number of carbonyl (C=O) groups is 2. The van der Waals surface area contributed by atoms with Crippen molar-refractivity contribution in [2.75, 3.05) is 26.2 Å². The smallest absolute Gasteiger partial charge is 0.257 e. The normalized spacial score (nSPS) is 20.9. The van der Waals surface area contributed by atoms with Gasteiger partial charge in [0.25, 0.3) is 5.91 Å². The van der Waals surface area contributed by atoms with Gasteiger partial charge in [0.1, 0.15) is 18.2 Å². The molecule has 0 unspecified atom stereocenters. The van der Waals surface area contributed by atoms with E-state index in [9.17, 15) is 14.0 Å². The first kappa shape index (κ1) is 26.2. The predicted octanol–water partition coefficient (Wildman–Crippen LogP) is 5.83. The molecule has 36 heavy (non-hydrogen) atoms. The van der Waals surface area contributed by atoms with Crippen LogP contribution in [0, 0.1) is 11.7 Å². The van der Waals surface area contributed by atoms with Gasteiger partial charge in [-0.25, -0.2) is 4.39 Å². The topological polar surface area (TPSA) is 49.9 Å². The van der Waals surface area contributed by atoms with E-state index in [0.29, 0.717) is 37.6 Å². The molecule has 4 rings (SSSR count). The fraction of sp³-hybridized carbons (Fsp3) is 0.533. The van der Waals surface area contributed by atoms with Gasteiger partial charge in [0.2, 0.25) is 5.91 Å². The molecule has 1 atom stereocenters. The second-order valence-corrected chi connectivity index (χ2v) is 10.5. The molecule has 1 aliphatic heterocycles. The van der Waals surface area contributed by atoms with Crippen molar-refractivity contribution in [2.45, 2.75) is 70.8 Å². The summed E-state index contributed by atoms with van der Waals surface area (Å²) >= 11 is 0. The van der Waals surface area contributed by atoms with Crippen molar-refractivity contribution in [1.82, 2.24) is 9.80 Å². The highest BCUT2D eigenvalue weighted by atomic mass is 19.1. The molecular weight excluding hydrogens is 455 g/mol. The Bertz CT molecular complexity index is 1060. The number of halogens is 1. The summed E-state index contributed by atoms with van der Waals surface area (Å²) in [6.45, 7) is 8.36. The summed E-state index contributed by atoms with van der Waals surface area (Å²) in [5.41, 5.74) is 0.648. The fourth-order valence-corrected chi connectivity index (χ4v) is 5.83. The van der Waals surface area contributed by atoms with E-state index in [2.05, 4.69) is 13.8 Å². The van der Waals surface area contributed by atoms with Crippen LogP contribution in [0.2, 0.25) is 0 Å². The van der Waals surface area contributed by atoms with E-state index in [1.807, 2.05) is 47.1 Å². The lowest BCUT2D eigenvalue weighted by atomic mass is 9.76. The van der Waals surface area contributed by atoms with Crippen LogP contribution in [-0.4, -0.2) is 53.9 Å². The Morgan fingerprint density at radius 3 is 2.47 bits per heavy atom. The number of para-hydroxylation sites is 1. The van der Waals surface area contributed by atoms with E-state index < -0.39 is 5.41 Å². The van der Waals surface area contributed by atoms with Gasteiger partial charge in [-0.1, -0.05) is 51.0 Å². The lowest BCUT2D eigenvalue weighted by Crippen LogP contribution is -2.54. The zero-order valence-corrected chi connectivity index (χ0v) is 21.8. The molecule has 1 aliphatic carbocycles. The number of amides is 2. The number of rotatable bonds is 4. The number of hydrogen-bond acceptors (Lipinski definition) is 3. The van der Waals surface area contributed by atoms with Crippen molar-refractivity contribution in [3.8, 4) is 5.75 Å². The van der Waals surface area contributed by atoms with Crippen molar-refractivity contribution >= 4 is 11.8 Å². The molecule has 0 aromatic heterocycles. The van der Waals surface area contributed by atoms with Gasteiger partial charge in [-0.05, 0) is 68.4 Å². The Morgan fingerprint density at radius 2 is 1.78 bits per heavy atom. The zero-order valence-electron chi connectivity index (χ0n) is 21.8. The van der Waals surface area contributed by atoms with E-state index in [-0.39, 0.29) is 29.6 Å². The first-order chi connectivity index (χ1) is 17.4. The Kier molecular flexibility index (Phi) is 8.32. The van der Waals surface area contributed by atoms with Crippen molar-refractivity contribution < 1.29 is 18.7 Å². The van der Waals surface area contributed by atoms with Gasteiger partial charge < -0.3 is 14.5 Å². The van der Waals surface area contributed by atoms with Gasteiger partial charge in [0.15, 0.2) is 0 Å².